The molecule has 0 aliphatic heterocycles. The number of carbonyl (C=O) groups is 2. The van der Waals surface area contributed by atoms with Crippen LogP contribution < -0.4 is 20.1 Å². The van der Waals surface area contributed by atoms with E-state index in [1.807, 2.05) is 6.92 Å². The number of nitrogens with one attached hydrogen (secondary N) is 2. The van der Waals surface area contributed by atoms with Crippen LogP contribution in [-0.2, 0) is 0 Å². The molecule has 0 spiro atoms. The quantitative estimate of drug-likeness (QED) is 0.292. The van der Waals surface area contributed by atoms with Gasteiger partial charge in [-0.25, -0.2) is 9.59 Å². The number of hydrogen-bond donors (Lipinski definition) is 2. The summed E-state index contributed by atoms with van der Waals surface area (Å²) in [5, 5.41) is 5.32. The number of aryl methyl sites for hydroxylation is 1. The van der Waals surface area contributed by atoms with Gasteiger partial charge in [-0.15, -0.1) is 0 Å². The summed E-state index contributed by atoms with van der Waals surface area (Å²) < 4.78 is 13.6. The van der Waals surface area contributed by atoms with E-state index in [9.17, 15) is 9.59 Å². The molecule has 0 aromatic heterocycles. The topological polar surface area (TPSA) is 76.7 Å². The number of halogens is 4. The van der Waals surface area contributed by atoms with Crippen LogP contribution >= 0.6 is 63.7 Å². The summed E-state index contributed by atoms with van der Waals surface area (Å²) in [6.45, 7) is 1.83. The minimum absolute atomic E-state index is 0.370. The molecule has 0 aliphatic carbocycles. The molecule has 0 saturated heterocycles. The third kappa shape index (κ3) is 6.80. The summed E-state index contributed by atoms with van der Waals surface area (Å²) in [5.74, 6) is 0.742. The highest BCUT2D eigenvalue weighted by Gasteiger charge is 2.13. The second kappa shape index (κ2) is 10.6. The molecule has 0 bridgehead atoms. The van der Waals surface area contributed by atoms with Gasteiger partial charge in [-0.3, -0.25) is 10.6 Å². The summed E-state index contributed by atoms with van der Waals surface area (Å²) in [4.78, 5) is 24.6. The molecule has 3 aromatic rings. The Bertz CT molecular complexity index is 1150. The highest BCUT2D eigenvalue weighted by molar-refractivity contribution is 9.11. The molecule has 3 rings (SSSR count). The number of carbonyl (C=O) groups excluding carboxylic acids is 2. The van der Waals surface area contributed by atoms with Crippen LogP contribution in [0.1, 0.15) is 5.56 Å². The monoisotopic (exact) mass is 674 g/mol. The average Bonchev–Trinajstić information content (AvgIpc) is 2.69. The Hall–Kier alpha value is -1.88. The predicted octanol–water partition coefficient (Wildman–Crippen LogP) is 8.27. The fraction of sp³-hybridized carbons (Fsp3) is 0.0476. The summed E-state index contributed by atoms with van der Waals surface area (Å²) in [6, 6.07) is 15.5. The number of amides is 2. The van der Waals surface area contributed by atoms with Gasteiger partial charge in [0.1, 0.15) is 11.5 Å². The summed E-state index contributed by atoms with van der Waals surface area (Å²) >= 11 is 13.4. The lowest BCUT2D eigenvalue weighted by Gasteiger charge is -2.13. The van der Waals surface area contributed by atoms with Gasteiger partial charge < -0.3 is 9.47 Å². The van der Waals surface area contributed by atoms with Crippen LogP contribution in [0.3, 0.4) is 0 Å². The molecule has 6 nitrogen and oxygen atoms in total. The molecule has 0 atom stereocenters. The Labute approximate surface area is 212 Å². The van der Waals surface area contributed by atoms with E-state index >= 15 is 0 Å². The van der Waals surface area contributed by atoms with Crippen LogP contribution in [0.4, 0.5) is 21.0 Å². The molecule has 160 valence electrons. The molecule has 0 fully saturated rings. The third-order valence-corrected chi connectivity index (χ3v) is 6.14. The van der Waals surface area contributed by atoms with Crippen molar-refractivity contribution in [1.82, 2.24) is 0 Å². The lowest BCUT2D eigenvalue weighted by molar-refractivity contribution is 0.214. The fourth-order valence-corrected chi connectivity index (χ4v) is 4.68. The first-order valence-electron chi connectivity index (χ1n) is 8.69. The highest BCUT2D eigenvalue weighted by Crippen LogP contribution is 2.30. The standard InChI is InChI=1S/C21H14Br4N2O4/c1-11-2-5-14(26-20(28)30-18-6-3-12(22)8-15(18)24)10-17(11)27-21(29)31-19-7-4-13(23)9-16(19)25/h2-10H,1H3,(H,26,28)(H,27,29). The summed E-state index contributed by atoms with van der Waals surface area (Å²) in [7, 11) is 0. The van der Waals surface area contributed by atoms with Crippen molar-refractivity contribution in [1.29, 1.82) is 0 Å². The van der Waals surface area contributed by atoms with E-state index in [2.05, 4.69) is 74.4 Å². The Morgan fingerprint density at radius 2 is 1.23 bits per heavy atom. The van der Waals surface area contributed by atoms with E-state index in [0.717, 1.165) is 14.5 Å². The lowest BCUT2D eigenvalue weighted by atomic mass is 10.2. The van der Waals surface area contributed by atoms with Crippen molar-refractivity contribution in [3.63, 3.8) is 0 Å². The molecule has 10 heteroatoms. The molecule has 0 aliphatic rings. The zero-order valence-electron chi connectivity index (χ0n) is 15.8. The van der Waals surface area contributed by atoms with Crippen molar-refractivity contribution < 1.29 is 19.1 Å². The lowest BCUT2D eigenvalue weighted by Crippen LogP contribution is -2.19. The average molecular weight is 678 g/mol. The molecule has 3 aromatic carbocycles. The first-order valence-corrected chi connectivity index (χ1v) is 11.9. The van der Waals surface area contributed by atoms with Gasteiger partial charge in [-0.05, 0) is 92.9 Å². The molecular formula is C21H14Br4N2O4. The van der Waals surface area contributed by atoms with Gasteiger partial charge >= 0.3 is 12.2 Å². The first kappa shape index (κ1) is 23.8. The molecular weight excluding hydrogens is 664 g/mol. The number of ether oxygens (including phenoxy) is 2. The van der Waals surface area contributed by atoms with Gasteiger partial charge in [0.05, 0.1) is 8.95 Å². The largest absolute Gasteiger partial charge is 0.417 e. The van der Waals surface area contributed by atoms with Crippen LogP contribution in [0, 0.1) is 6.92 Å². The van der Waals surface area contributed by atoms with E-state index < -0.39 is 12.2 Å². The van der Waals surface area contributed by atoms with Gasteiger partial charge in [-0.1, -0.05) is 37.9 Å². The molecule has 2 N–H and O–H groups in total. The van der Waals surface area contributed by atoms with Crippen molar-refractivity contribution in [2.24, 2.45) is 0 Å². The van der Waals surface area contributed by atoms with E-state index in [0.29, 0.717) is 31.8 Å². The second-order valence-corrected chi connectivity index (χ2v) is 9.75. The molecule has 2 amide bonds. The van der Waals surface area contributed by atoms with Crippen molar-refractivity contribution >= 4 is 87.3 Å². The number of hydrogen-bond acceptors (Lipinski definition) is 4. The minimum Gasteiger partial charge on any atom is -0.409 e. The van der Waals surface area contributed by atoms with Crippen LogP contribution in [0.25, 0.3) is 0 Å². The number of anilines is 2. The maximum absolute atomic E-state index is 12.3. The Morgan fingerprint density at radius 1 is 0.710 bits per heavy atom. The maximum atomic E-state index is 12.3. The van der Waals surface area contributed by atoms with E-state index in [-0.39, 0.29) is 0 Å². The third-order valence-electron chi connectivity index (χ3n) is 3.91. The number of rotatable bonds is 4. The van der Waals surface area contributed by atoms with Crippen LogP contribution in [0.15, 0.2) is 72.5 Å². The van der Waals surface area contributed by atoms with Crippen LogP contribution in [-0.4, -0.2) is 12.2 Å². The Morgan fingerprint density at radius 3 is 1.74 bits per heavy atom. The van der Waals surface area contributed by atoms with Crippen molar-refractivity contribution in [3.8, 4) is 11.5 Å². The smallest absolute Gasteiger partial charge is 0.409 e. The molecule has 31 heavy (non-hydrogen) atoms. The minimum atomic E-state index is -0.667. The van der Waals surface area contributed by atoms with Gasteiger partial charge in [0, 0.05) is 20.3 Å². The van der Waals surface area contributed by atoms with Gasteiger partial charge in [-0.2, -0.15) is 0 Å². The zero-order chi connectivity index (χ0) is 22.5. The van der Waals surface area contributed by atoms with Gasteiger partial charge in [0.15, 0.2) is 0 Å². The first-order chi connectivity index (χ1) is 14.7. The summed E-state index contributed by atoms with van der Waals surface area (Å²) in [6.07, 6.45) is -1.33. The Kier molecular flexibility index (Phi) is 8.15. The van der Waals surface area contributed by atoms with Crippen LogP contribution in [0.5, 0.6) is 11.5 Å². The highest BCUT2D eigenvalue weighted by atomic mass is 79.9. The normalized spacial score (nSPS) is 10.4. The van der Waals surface area contributed by atoms with E-state index in [1.165, 1.54) is 0 Å². The van der Waals surface area contributed by atoms with Crippen molar-refractivity contribution in [3.05, 3.63) is 78.1 Å². The van der Waals surface area contributed by atoms with Gasteiger partial charge in [0.25, 0.3) is 0 Å². The predicted molar refractivity (Wildman–Crippen MR) is 134 cm³/mol. The maximum Gasteiger partial charge on any atom is 0.417 e. The van der Waals surface area contributed by atoms with E-state index in [1.54, 1.807) is 54.6 Å². The van der Waals surface area contributed by atoms with Gasteiger partial charge in [0.2, 0.25) is 0 Å². The van der Waals surface area contributed by atoms with Crippen molar-refractivity contribution in [2.75, 3.05) is 10.6 Å². The van der Waals surface area contributed by atoms with E-state index in [4.69, 9.17) is 9.47 Å². The number of benzene rings is 3. The molecule has 0 unspecified atom stereocenters. The molecule has 0 heterocycles. The molecule has 0 radical (unpaired) electrons. The zero-order valence-corrected chi connectivity index (χ0v) is 22.2. The van der Waals surface area contributed by atoms with Crippen molar-refractivity contribution in [2.45, 2.75) is 6.92 Å². The van der Waals surface area contributed by atoms with Crippen LogP contribution in [0.2, 0.25) is 0 Å². The Balaban J connectivity index is 1.66. The SMILES string of the molecule is Cc1ccc(NC(=O)Oc2ccc(Br)cc2Br)cc1NC(=O)Oc1ccc(Br)cc1Br. The summed E-state index contributed by atoms with van der Waals surface area (Å²) in [5.41, 5.74) is 1.73. The molecule has 0 saturated carbocycles. The second-order valence-electron chi connectivity index (χ2n) is 6.21. The fourth-order valence-electron chi connectivity index (χ4n) is 2.43.